The molecule has 2 aromatic carbocycles. The lowest BCUT2D eigenvalue weighted by molar-refractivity contribution is -0.123. The van der Waals surface area contributed by atoms with Crippen LogP contribution < -0.4 is 21.3 Å². The van der Waals surface area contributed by atoms with E-state index in [4.69, 9.17) is 16.6 Å². The number of carbonyl (C=O) groups is 4. The van der Waals surface area contributed by atoms with Crippen molar-refractivity contribution in [1.82, 2.24) is 30.4 Å². The minimum absolute atomic E-state index is 0.0527. The Hall–Kier alpha value is -5.25. The Bertz CT molecular complexity index is 2330. The number of anilines is 2. The normalized spacial score (nSPS) is 13.2. The van der Waals surface area contributed by atoms with E-state index in [0.717, 1.165) is 82.3 Å². The maximum atomic E-state index is 13.2. The number of nitrogens with one attached hydrogen (secondary N) is 4. The molecule has 0 spiro atoms. The highest BCUT2D eigenvalue weighted by Gasteiger charge is 2.32. The fourth-order valence-corrected chi connectivity index (χ4v) is 8.99. The summed E-state index contributed by atoms with van der Waals surface area (Å²) in [6, 6.07) is 13.9. The van der Waals surface area contributed by atoms with Gasteiger partial charge in [0, 0.05) is 51.8 Å². The number of aliphatic imine (C=N–C) groups is 1. The molecule has 0 unspecified atom stereocenters. The van der Waals surface area contributed by atoms with Crippen molar-refractivity contribution in [2.75, 3.05) is 23.7 Å². The number of aryl methyl sites for hydroxylation is 4. The molecule has 3 aromatic heterocycles. The third-order valence-electron chi connectivity index (χ3n) is 10.3. The number of fused-ring (bicyclic) bond motifs is 3. The number of unbranched alkanes of at least 4 members (excludes halogenated alkanes) is 5. The molecule has 6 rings (SSSR count). The van der Waals surface area contributed by atoms with Crippen LogP contribution in [0.2, 0.25) is 5.02 Å². The summed E-state index contributed by atoms with van der Waals surface area (Å²) < 4.78 is 2.02. The number of aromatic nitrogens is 4. The summed E-state index contributed by atoms with van der Waals surface area (Å²) in [4.78, 5) is 63.0. The van der Waals surface area contributed by atoms with Crippen LogP contribution in [0.3, 0.4) is 0 Å². The lowest BCUT2D eigenvalue weighted by Gasteiger charge is -2.13. The second kappa shape index (κ2) is 20.1. The van der Waals surface area contributed by atoms with Gasteiger partial charge in [0.25, 0.3) is 5.91 Å². The van der Waals surface area contributed by atoms with Crippen LogP contribution in [0.15, 0.2) is 53.5 Å². The van der Waals surface area contributed by atoms with Crippen LogP contribution in [0.25, 0.3) is 5.00 Å². The predicted molar refractivity (Wildman–Crippen MR) is 235 cm³/mol. The van der Waals surface area contributed by atoms with E-state index in [9.17, 15) is 19.2 Å². The minimum atomic E-state index is -0.570. The van der Waals surface area contributed by atoms with Gasteiger partial charge < -0.3 is 16.0 Å². The number of nitrogens with zero attached hydrogens (tertiary/aromatic N) is 5. The third kappa shape index (κ3) is 11.1. The van der Waals surface area contributed by atoms with Gasteiger partial charge in [-0.15, -0.1) is 32.9 Å². The van der Waals surface area contributed by atoms with Crippen molar-refractivity contribution < 1.29 is 19.2 Å². The van der Waals surface area contributed by atoms with Crippen LogP contribution in [0.5, 0.6) is 0 Å². The molecule has 310 valence electrons. The number of thiophene rings is 1. The standard InChI is InChI=1S/C43H50ClN9O4S2/c1-25-27(3)58-42-38(25)39(30-18-20-31(44)21-19-30)49-34(40-52-51-29(5)53(40)42)24-37(56)46-23-22-45-35(54)16-10-8-6-7-9-11-17-36(55)48-33-15-13-12-14-32(33)41(57)50-43-47-26(2)28(4)59-43/h12-15,18-21,34H,6-11,16-17,22-24H2,1-5H3,(H,45,54)(H,46,56)(H,48,55)(H,47,50,57)/t34-/m0/s1. The van der Waals surface area contributed by atoms with E-state index < -0.39 is 6.04 Å². The molecular formula is C43H50ClN9O4S2. The Morgan fingerprint density at radius 2 is 1.41 bits per heavy atom. The molecule has 0 bridgehead atoms. The smallest absolute Gasteiger partial charge is 0.259 e. The van der Waals surface area contributed by atoms with E-state index in [-0.39, 0.29) is 30.0 Å². The average Bonchev–Trinajstić information content (AvgIpc) is 3.81. The van der Waals surface area contributed by atoms with Gasteiger partial charge in [0.15, 0.2) is 11.0 Å². The first-order valence-electron chi connectivity index (χ1n) is 19.9. The zero-order valence-corrected chi connectivity index (χ0v) is 36.4. The zero-order chi connectivity index (χ0) is 42.1. The Morgan fingerprint density at radius 3 is 2.10 bits per heavy atom. The van der Waals surface area contributed by atoms with Gasteiger partial charge in [0.1, 0.15) is 16.9 Å². The molecule has 59 heavy (non-hydrogen) atoms. The molecule has 4 N–H and O–H groups in total. The maximum absolute atomic E-state index is 13.2. The second-order valence-electron chi connectivity index (χ2n) is 14.6. The number of benzene rings is 2. The lowest BCUT2D eigenvalue weighted by atomic mass is 9.99. The number of thiazole rings is 1. The van der Waals surface area contributed by atoms with Crippen molar-refractivity contribution in [1.29, 1.82) is 0 Å². The topological polar surface area (TPSA) is 172 Å². The molecule has 0 fully saturated rings. The van der Waals surface area contributed by atoms with Gasteiger partial charge in [0.2, 0.25) is 17.7 Å². The number of hydrogen-bond acceptors (Lipinski definition) is 10. The molecule has 0 saturated heterocycles. The summed E-state index contributed by atoms with van der Waals surface area (Å²) in [5, 5.41) is 22.5. The molecule has 16 heteroatoms. The van der Waals surface area contributed by atoms with Crippen molar-refractivity contribution in [2.24, 2.45) is 4.99 Å². The summed E-state index contributed by atoms with van der Waals surface area (Å²) >= 11 is 9.29. The fraction of sp³-hybridized carbons (Fsp3) is 0.395. The molecule has 1 aliphatic rings. The Labute approximate surface area is 357 Å². The van der Waals surface area contributed by atoms with Crippen LogP contribution in [-0.2, 0) is 14.4 Å². The molecule has 1 atom stereocenters. The Kier molecular flexibility index (Phi) is 14.8. The number of hydrogen-bond donors (Lipinski definition) is 4. The van der Waals surface area contributed by atoms with Crippen molar-refractivity contribution in [3.8, 4) is 5.00 Å². The van der Waals surface area contributed by atoms with Gasteiger partial charge in [0.05, 0.1) is 29.1 Å². The summed E-state index contributed by atoms with van der Waals surface area (Å²) in [6.07, 6.45) is 6.06. The van der Waals surface area contributed by atoms with Gasteiger partial charge >= 0.3 is 0 Å². The molecule has 0 aliphatic carbocycles. The monoisotopic (exact) mass is 855 g/mol. The molecule has 4 amide bonds. The number of amides is 4. The van der Waals surface area contributed by atoms with Crippen molar-refractivity contribution in [3.63, 3.8) is 0 Å². The van der Waals surface area contributed by atoms with Gasteiger partial charge in [-0.05, 0) is 77.3 Å². The summed E-state index contributed by atoms with van der Waals surface area (Å²) in [7, 11) is 0. The summed E-state index contributed by atoms with van der Waals surface area (Å²) in [5.74, 6) is 0.632. The largest absolute Gasteiger partial charge is 0.354 e. The average molecular weight is 857 g/mol. The predicted octanol–water partition coefficient (Wildman–Crippen LogP) is 8.51. The van der Waals surface area contributed by atoms with E-state index in [2.05, 4.69) is 50.3 Å². The zero-order valence-electron chi connectivity index (χ0n) is 34.0. The molecule has 13 nitrogen and oxygen atoms in total. The number of carbonyl (C=O) groups excluding carboxylic acids is 4. The van der Waals surface area contributed by atoms with Crippen LogP contribution in [0, 0.1) is 34.6 Å². The van der Waals surface area contributed by atoms with Crippen LogP contribution in [0.1, 0.15) is 118 Å². The minimum Gasteiger partial charge on any atom is -0.354 e. The van der Waals surface area contributed by atoms with E-state index in [1.807, 2.05) is 49.6 Å². The first kappa shape index (κ1) is 43.3. The molecular weight excluding hydrogens is 806 g/mol. The number of para-hydroxylation sites is 1. The molecule has 0 radical (unpaired) electrons. The van der Waals surface area contributed by atoms with Crippen molar-refractivity contribution >= 4 is 74.4 Å². The van der Waals surface area contributed by atoms with Crippen molar-refractivity contribution in [3.05, 3.63) is 103 Å². The molecule has 1 aliphatic heterocycles. The highest BCUT2D eigenvalue weighted by molar-refractivity contribution is 7.16. The highest BCUT2D eigenvalue weighted by atomic mass is 35.5. The maximum Gasteiger partial charge on any atom is 0.259 e. The van der Waals surface area contributed by atoms with Crippen molar-refractivity contribution in [2.45, 2.75) is 98.4 Å². The quantitative estimate of drug-likeness (QED) is 0.0640. The van der Waals surface area contributed by atoms with E-state index >= 15 is 0 Å². The Morgan fingerprint density at radius 1 is 0.746 bits per heavy atom. The second-order valence-corrected chi connectivity index (χ2v) is 17.5. The van der Waals surface area contributed by atoms with Gasteiger partial charge in [-0.1, -0.05) is 61.5 Å². The number of halogens is 1. The van der Waals surface area contributed by atoms with Crippen LogP contribution in [0.4, 0.5) is 10.8 Å². The van der Waals surface area contributed by atoms with Gasteiger partial charge in [-0.25, -0.2) is 4.98 Å². The lowest BCUT2D eigenvalue weighted by Crippen LogP contribution is -2.35. The highest BCUT2D eigenvalue weighted by Crippen LogP contribution is 2.39. The third-order valence-corrected chi connectivity index (χ3v) is 12.7. The van der Waals surface area contributed by atoms with Gasteiger partial charge in [-0.2, -0.15) is 0 Å². The van der Waals surface area contributed by atoms with E-state index in [0.29, 0.717) is 53.2 Å². The molecule has 0 saturated carbocycles. The number of rotatable bonds is 18. The summed E-state index contributed by atoms with van der Waals surface area (Å²) in [5.41, 5.74) is 5.55. The van der Waals surface area contributed by atoms with Gasteiger partial charge in [-0.3, -0.25) is 34.1 Å². The first-order valence-corrected chi connectivity index (χ1v) is 21.9. The van der Waals surface area contributed by atoms with E-state index in [1.165, 1.54) is 16.2 Å². The van der Waals surface area contributed by atoms with Crippen LogP contribution in [-0.4, -0.2) is 62.2 Å². The summed E-state index contributed by atoms with van der Waals surface area (Å²) in [6.45, 7) is 10.5. The Balaban J connectivity index is 0.870. The van der Waals surface area contributed by atoms with Crippen LogP contribution >= 0.6 is 34.3 Å². The SMILES string of the molecule is Cc1nc(NC(=O)c2ccccc2NC(=O)CCCCCCCCC(=O)NCCNC(=O)C[C@@H]2N=C(c3ccc(Cl)cc3)c3c(sc(C)c3C)-n3c(C)nnc32)sc1C. The first-order chi connectivity index (χ1) is 28.4. The van der Waals surface area contributed by atoms with E-state index in [1.54, 1.807) is 35.6 Å². The molecule has 4 heterocycles. The fourth-order valence-electron chi connectivity index (χ4n) is 6.84. The molecule has 5 aromatic rings.